The van der Waals surface area contributed by atoms with Gasteiger partial charge in [0, 0.05) is 25.7 Å². The molecule has 0 atom stereocenters. The Bertz CT molecular complexity index is 489. The number of rotatable bonds is 4. The van der Waals surface area contributed by atoms with E-state index in [0.29, 0.717) is 11.3 Å². The first-order valence-corrected chi connectivity index (χ1v) is 5.59. The third kappa shape index (κ3) is 3.33. The van der Waals surface area contributed by atoms with Gasteiger partial charge in [-0.3, -0.25) is 14.9 Å². The summed E-state index contributed by atoms with van der Waals surface area (Å²) in [7, 11) is 3.29. The smallest absolute Gasteiger partial charge is 0.273 e. The maximum absolute atomic E-state index is 11.4. The van der Waals surface area contributed by atoms with Crippen LogP contribution in [0, 0.1) is 17.0 Å². The molecule has 18 heavy (non-hydrogen) atoms. The van der Waals surface area contributed by atoms with Gasteiger partial charge in [0.2, 0.25) is 5.91 Å². The zero-order valence-corrected chi connectivity index (χ0v) is 11.1. The molecular formula is C11H14ClN3O3. The normalized spacial score (nSPS) is 10.0. The second kappa shape index (κ2) is 5.68. The Labute approximate surface area is 110 Å². The van der Waals surface area contributed by atoms with Crippen molar-refractivity contribution in [2.45, 2.75) is 6.92 Å². The van der Waals surface area contributed by atoms with E-state index in [0.717, 1.165) is 0 Å². The second-order valence-corrected chi connectivity index (χ2v) is 4.42. The summed E-state index contributed by atoms with van der Waals surface area (Å²) in [5.41, 5.74) is 0.962. The summed E-state index contributed by atoms with van der Waals surface area (Å²) in [6, 6.07) is 2.84. The number of aryl methyl sites for hydroxylation is 1. The standard InChI is InChI=1S/C11H14ClN3O3/c1-7-4-9(13-6-11(16)14(2)3)8(12)5-10(7)15(17)18/h4-5,13H,6H2,1-3H3. The predicted molar refractivity (Wildman–Crippen MR) is 70.0 cm³/mol. The van der Waals surface area contributed by atoms with Gasteiger partial charge in [-0.15, -0.1) is 0 Å². The molecule has 0 saturated carbocycles. The number of halogens is 1. The van der Waals surface area contributed by atoms with Gasteiger partial charge in [0.1, 0.15) is 0 Å². The third-order valence-corrected chi connectivity index (χ3v) is 2.72. The zero-order valence-electron chi connectivity index (χ0n) is 10.4. The van der Waals surface area contributed by atoms with Crippen LogP contribution >= 0.6 is 11.6 Å². The molecule has 0 spiro atoms. The molecule has 6 nitrogen and oxygen atoms in total. The summed E-state index contributed by atoms with van der Waals surface area (Å²) in [6.07, 6.45) is 0. The molecule has 1 N–H and O–H groups in total. The van der Waals surface area contributed by atoms with Gasteiger partial charge in [-0.05, 0) is 13.0 Å². The van der Waals surface area contributed by atoms with Gasteiger partial charge in [-0.1, -0.05) is 11.6 Å². The van der Waals surface area contributed by atoms with E-state index >= 15 is 0 Å². The fraction of sp³-hybridized carbons (Fsp3) is 0.364. The Balaban J connectivity index is 2.89. The summed E-state index contributed by atoms with van der Waals surface area (Å²) in [5.74, 6) is -0.109. The second-order valence-electron chi connectivity index (χ2n) is 4.02. The summed E-state index contributed by atoms with van der Waals surface area (Å²) < 4.78 is 0. The largest absolute Gasteiger partial charge is 0.375 e. The van der Waals surface area contributed by atoms with Gasteiger partial charge in [0.25, 0.3) is 5.69 Å². The molecular weight excluding hydrogens is 258 g/mol. The van der Waals surface area contributed by atoms with Gasteiger partial charge in [-0.25, -0.2) is 0 Å². The molecule has 0 aliphatic carbocycles. The van der Waals surface area contributed by atoms with Crippen molar-refractivity contribution in [2.75, 3.05) is 26.0 Å². The van der Waals surface area contributed by atoms with Crippen molar-refractivity contribution in [3.63, 3.8) is 0 Å². The van der Waals surface area contributed by atoms with E-state index in [1.165, 1.54) is 11.0 Å². The number of hydrogen-bond donors (Lipinski definition) is 1. The van der Waals surface area contributed by atoms with Gasteiger partial charge in [0.15, 0.2) is 0 Å². The van der Waals surface area contributed by atoms with E-state index in [9.17, 15) is 14.9 Å². The van der Waals surface area contributed by atoms with E-state index in [4.69, 9.17) is 11.6 Å². The van der Waals surface area contributed by atoms with Crippen LogP contribution in [0.4, 0.5) is 11.4 Å². The molecule has 0 bridgehead atoms. The first-order valence-electron chi connectivity index (χ1n) is 5.21. The maximum Gasteiger partial charge on any atom is 0.273 e. The molecule has 0 aliphatic rings. The molecule has 0 saturated heterocycles. The van der Waals surface area contributed by atoms with Crippen LogP contribution in [0.1, 0.15) is 5.56 Å². The van der Waals surface area contributed by atoms with Crippen LogP contribution in [0.25, 0.3) is 0 Å². The lowest BCUT2D eigenvalue weighted by Gasteiger charge is -2.13. The zero-order chi connectivity index (χ0) is 13.9. The summed E-state index contributed by atoms with van der Waals surface area (Å²) in [5, 5.41) is 13.8. The number of likely N-dealkylation sites (N-methyl/N-ethyl adjacent to an activating group) is 1. The van der Waals surface area contributed by atoms with Crippen molar-refractivity contribution in [3.8, 4) is 0 Å². The van der Waals surface area contributed by atoms with Gasteiger partial charge >= 0.3 is 0 Å². The first-order chi connectivity index (χ1) is 8.32. The molecule has 1 aromatic rings. The van der Waals surface area contributed by atoms with E-state index in [1.54, 1.807) is 27.1 Å². The minimum Gasteiger partial charge on any atom is -0.375 e. The molecule has 0 radical (unpaired) electrons. The molecule has 0 heterocycles. The van der Waals surface area contributed by atoms with Crippen LogP contribution in [-0.4, -0.2) is 36.4 Å². The van der Waals surface area contributed by atoms with Crippen molar-refractivity contribution < 1.29 is 9.72 Å². The SMILES string of the molecule is Cc1cc(NCC(=O)N(C)C)c(Cl)cc1[N+](=O)[O-]. The van der Waals surface area contributed by atoms with E-state index in [1.807, 2.05) is 0 Å². The van der Waals surface area contributed by atoms with Crippen molar-refractivity contribution >= 4 is 28.9 Å². The van der Waals surface area contributed by atoms with E-state index < -0.39 is 4.92 Å². The summed E-state index contributed by atoms with van der Waals surface area (Å²) >= 11 is 5.92. The number of anilines is 1. The molecule has 0 fully saturated rings. The number of nitro groups is 1. The third-order valence-electron chi connectivity index (χ3n) is 2.41. The van der Waals surface area contributed by atoms with Crippen molar-refractivity contribution in [1.82, 2.24) is 4.90 Å². The first kappa shape index (κ1) is 14.2. The van der Waals surface area contributed by atoms with Crippen LogP contribution in [0.3, 0.4) is 0 Å². The lowest BCUT2D eigenvalue weighted by atomic mass is 10.2. The van der Waals surface area contributed by atoms with Gasteiger partial charge in [0.05, 0.1) is 22.2 Å². The summed E-state index contributed by atoms with van der Waals surface area (Å²) in [6.45, 7) is 1.71. The van der Waals surface area contributed by atoms with Crippen LogP contribution in [0.15, 0.2) is 12.1 Å². The number of amides is 1. The van der Waals surface area contributed by atoms with E-state index in [2.05, 4.69) is 5.32 Å². The van der Waals surface area contributed by atoms with E-state index in [-0.39, 0.29) is 23.2 Å². The lowest BCUT2D eigenvalue weighted by Crippen LogP contribution is -2.28. The van der Waals surface area contributed by atoms with Gasteiger partial charge in [-0.2, -0.15) is 0 Å². The summed E-state index contributed by atoms with van der Waals surface area (Å²) in [4.78, 5) is 23.1. The average Bonchev–Trinajstić information content (AvgIpc) is 2.28. The number of nitrogens with one attached hydrogen (secondary N) is 1. The Morgan fingerprint density at radius 1 is 1.50 bits per heavy atom. The fourth-order valence-corrected chi connectivity index (χ4v) is 1.56. The topological polar surface area (TPSA) is 75.5 Å². The van der Waals surface area contributed by atoms with Crippen LogP contribution in [0.2, 0.25) is 5.02 Å². The highest BCUT2D eigenvalue weighted by atomic mass is 35.5. The Kier molecular flexibility index (Phi) is 4.49. The molecule has 1 aromatic carbocycles. The lowest BCUT2D eigenvalue weighted by molar-refractivity contribution is -0.385. The molecule has 7 heteroatoms. The van der Waals surface area contributed by atoms with Crippen molar-refractivity contribution in [1.29, 1.82) is 0 Å². The monoisotopic (exact) mass is 271 g/mol. The molecule has 0 unspecified atom stereocenters. The van der Waals surface area contributed by atoms with Gasteiger partial charge < -0.3 is 10.2 Å². The van der Waals surface area contributed by atoms with Crippen LogP contribution in [-0.2, 0) is 4.79 Å². The number of nitrogens with zero attached hydrogens (tertiary/aromatic N) is 2. The number of carbonyl (C=O) groups excluding carboxylic acids is 1. The Morgan fingerprint density at radius 2 is 2.11 bits per heavy atom. The number of benzene rings is 1. The van der Waals surface area contributed by atoms with Crippen LogP contribution in [0.5, 0.6) is 0 Å². The minimum absolute atomic E-state index is 0.0375. The Hall–Kier alpha value is -1.82. The predicted octanol–water partition coefficient (Wildman–Crippen LogP) is 2.06. The molecule has 98 valence electrons. The fourth-order valence-electron chi connectivity index (χ4n) is 1.33. The molecule has 0 aliphatic heterocycles. The van der Waals surface area contributed by atoms with Crippen LogP contribution < -0.4 is 5.32 Å². The number of nitro benzene ring substituents is 1. The maximum atomic E-state index is 11.4. The number of carbonyl (C=O) groups is 1. The Morgan fingerprint density at radius 3 is 2.61 bits per heavy atom. The molecule has 1 rings (SSSR count). The van der Waals surface area contributed by atoms with Crippen molar-refractivity contribution in [3.05, 3.63) is 32.8 Å². The quantitative estimate of drug-likeness (QED) is 0.672. The minimum atomic E-state index is -0.490. The number of hydrogen-bond acceptors (Lipinski definition) is 4. The molecule has 1 amide bonds. The highest BCUT2D eigenvalue weighted by Gasteiger charge is 2.14. The highest BCUT2D eigenvalue weighted by molar-refractivity contribution is 6.33. The van der Waals surface area contributed by atoms with Crippen molar-refractivity contribution in [2.24, 2.45) is 0 Å². The molecule has 0 aromatic heterocycles. The highest BCUT2D eigenvalue weighted by Crippen LogP contribution is 2.30. The average molecular weight is 272 g/mol.